The van der Waals surface area contributed by atoms with Crippen LogP contribution in [0.15, 0.2) is 414 Å². The lowest BCUT2D eigenvalue weighted by Crippen LogP contribution is -2.01. The van der Waals surface area contributed by atoms with E-state index in [9.17, 15) is 0 Å². The SMILES string of the molecule is Clc1nc2c(nc1-n1c3ccccc3c3c4ccccc4c4c5cc6ccccc6cc5sc4c31)oc1c3ccccc3c3ccccc3c21.Clc1nc2cc3c(cc2nc1-n1c2ccccc2c2c4ccccc4c4c5cc6ccccc6cc5sc4c21)oc1c2ccccc2ccc31.Clc1nc2oc3ccccc3c2nc1-c1ccc(-n2c3ccccc3c3c4ccccc4c4c5cc6ccccc6cc5sc4c32)cc1. The summed E-state index contributed by atoms with van der Waals surface area (Å²) in [7, 11) is 0. The molecule has 0 aliphatic heterocycles. The van der Waals surface area contributed by atoms with Crippen molar-refractivity contribution in [1.29, 1.82) is 0 Å². The molecule has 0 aliphatic carbocycles. The molecule has 23 aromatic carbocycles. The van der Waals surface area contributed by atoms with Gasteiger partial charge in [0.15, 0.2) is 27.1 Å². The highest BCUT2D eigenvalue weighted by atomic mass is 35.5. The smallest absolute Gasteiger partial charge is 0.248 e. The van der Waals surface area contributed by atoms with Crippen LogP contribution in [0.4, 0.5) is 0 Å². The van der Waals surface area contributed by atoms with Gasteiger partial charge in [-0.3, -0.25) is 9.13 Å². The summed E-state index contributed by atoms with van der Waals surface area (Å²) in [6.45, 7) is 0. The second kappa shape index (κ2) is 31.1. The van der Waals surface area contributed by atoms with Crippen LogP contribution >= 0.6 is 68.8 Å². The third-order valence-electron chi connectivity index (χ3n) is 30.5. The Morgan fingerprint density at radius 3 is 1.11 bits per heavy atom. The van der Waals surface area contributed by atoms with Crippen LogP contribution in [0.25, 0.3) is 329 Å². The molecule has 35 rings (SSSR count). The number of fused-ring (bicyclic) bond motifs is 50. The molecule has 0 unspecified atom stereocenters. The van der Waals surface area contributed by atoms with Crippen molar-refractivity contribution in [2.75, 3.05) is 0 Å². The van der Waals surface area contributed by atoms with Crippen LogP contribution in [0.5, 0.6) is 0 Å². The first-order valence-corrected chi connectivity index (χ1v) is 52.7. The van der Waals surface area contributed by atoms with Crippen molar-refractivity contribution in [3.05, 3.63) is 416 Å². The summed E-state index contributed by atoms with van der Waals surface area (Å²) >= 11 is 26.8. The van der Waals surface area contributed by atoms with Crippen molar-refractivity contribution in [3.8, 4) is 28.6 Å². The highest BCUT2D eigenvalue weighted by Gasteiger charge is 2.32. The van der Waals surface area contributed by atoms with Gasteiger partial charge in [-0.05, 0) is 177 Å². The Labute approximate surface area is 863 Å². The fourth-order valence-electron chi connectivity index (χ4n) is 24.2. The molecule has 688 valence electrons. The van der Waals surface area contributed by atoms with Gasteiger partial charge in [-0.15, -0.1) is 34.0 Å². The van der Waals surface area contributed by atoms with Gasteiger partial charge in [-0.2, -0.15) is 9.97 Å². The largest absolute Gasteiger partial charge is 0.455 e. The maximum atomic E-state index is 7.31. The van der Waals surface area contributed by atoms with Crippen LogP contribution in [-0.4, -0.2) is 43.6 Å². The van der Waals surface area contributed by atoms with E-state index in [0.717, 1.165) is 131 Å². The van der Waals surface area contributed by atoms with Crippen LogP contribution in [0.1, 0.15) is 0 Å². The minimum absolute atomic E-state index is 0.317. The van der Waals surface area contributed by atoms with E-state index in [1.807, 2.05) is 76.5 Å². The van der Waals surface area contributed by atoms with E-state index in [4.69, 9.17) is 73.0 Å². The third kappa shape index (κ3) is 11.8. The van der Waals surface area contributed by atoms with Gasteiger partial charge in [-0.1, -0.05) is 338 Å². The van der Waals surface area contributed by atoms with E-state index in [0.29, 0.717) is 55.2 Å². The fraction of sp³-hybridized carbons (Fsp3) is 0. The maximum absolute atomic E-state index is 7.31. The summed E-state index contributed by atoms with van der Waals surface area (Å²) in [6.07, 6.45) is 0. The lowest BCUT2D eigenvalue weighted by molar-refractivity contribution is 0.653. The Morgan fingerprint density at radius 1 is 0.216 bits per heavy atom. The van der Waals surface area contributed by atoms with Gasteiger partial charge >= 0.3 is 0 Å². The van der Waals surface area contributed by atoms with Crippen LogP contribution < -0.4 is 0 Å². The zero-order chi connectivity index (χ0) is 96.8. The molecule has 148 heavy (non-hydrogen) atoms. The van der Waals surface area contributed by atoms with E-state index in [2.05, 4.69) is 377 Å². The summed E-state index contributed by atoms with van der Waals surface area (Å²) in [5, 5.41) is 41.2. The van der Waals surface area contributed by atoms with Crippen molar-refractivity contribution in [3.63, 3.8) is 0 Å². The van der Waals surface area contributed by atoms with E-state index >= 15 is 0 Å². The number of aromatic nitrogens is 9. The van der Waals surface area contributed by atoms with Crippen LogP contribution in [0, 0.1) is 0 Å². The maximum Gasteiger partial charge on any atom is 0.248 e. The molecular formula is C130H66Cl3N9O3S3. The van der Waals surface area contributed by atoms with Gasteiger partial charge in [0.25, 0.3) is 0 Å². The molecule has 18 heteroatoms. The number of hydrogen-bond acceptors (Lipinski definition) is 12. The Kier molecular flexibility index (Phi) is 17.4. The molecule has 0 aliphatic rings. The quantitative estimate of drug-likeness (QED) is 0.158. The zero-order valence-corrected chi connectivity index (χ0v) is 82.4. The molecule has 12 nitrogen and oxygen atoms in total. The van der Waals surface area contributed by atoms with Gasteiger partial charge in [0, 0.05) is 123 Å². The first-order chi connectivity index (χ1) is 73.1. The molecule has 0 fully saturated rings. The number of benzene rings is 23. The molecule has 0 spiro atoms. The highest BCUT2D eigenvalue weighted by molar-refractivity contribution is 7.28. The van der Waals surface area contributed by atoms with E-state index in [1.165, 1.54) is 158 Å². The second-order valence-electron chi connectivity index (χ2n) is 38.4. The molecule has 12 aromatic heterocycles. The Bertz CT molecular complexity index is 12200. The molecule has 0 N–H and O–H groups in total. The Balaban J connectivity index is 0.0000000966. The number of furan rings is 3. The summed E-state index contributed by atoms with van der Waals surface area (Å²) in [5.41, 5.74) is 16.1. The predicted molar refractivity (Wildman–Crippen MR) is 625 cm³/mol. The van der Waals surface area contributed by atoms with Crippen molar-refractivity contribution in [1.82, 2.24) is 43.6 Å². The van der Waals surface area contributed by atoms with E-state index < -0.39 is 0 Å². The van der Waals surface area contributed by atoms with Crippen molar-refractivity contribution in [2.24, 2.45) is 0 Å². The van der Waals surface area contributed by atoms with Gasteiger partial charge in [-0.25, -0.2) is 19.9 Å². The zero-order valence-electron chi connectivity index (χ0n) is 77.7. The first-order valence-electron chi connectivity index (χ1n) is 49.1. The molecule has 0 amide bonds. The molecule has 0 saturated carbocycles. The molecule has 35 aromatic rings. The first kappa shape index (κ1) is 82.6. The standard InChI is InChI=1S/2C44H22ClN3OS.C42H22ClN3OS/c45-42-43(47-44-38(46-42)37-27-15-5-3-13-25(27)26-14-4-8-18-30(26)40(37)49-44)48-33-20-10-9-19-31(33)35-28-16-6-7-17-29(28)36-32-21-23-11-1-2-12-24(23)22-34(32)50-41(36)39(35)48;45-43-44(47-34-22-36-31(21-33(34)46-43)29-18-17-23-9-3-4-12-26(23)41(29)49-36)48-35-16-8-7-15-30(35)38-27-13-5-6-14-28(27)39-32-19-24-10-1-2-11-25(24)20-37(32)50-42(39)40(38)48;43-41-37(44-38-30-14-6-8-16-33(30)47-42(38)45-41)23-17-19-26(20-18-23)46-32-15-7-5-13-29(32)35-27-11-3-4-12-28(27)36-31-21-24-9-1-2-10-25(24)22-34(31)48-40(36)39(35)46/h2*1-22H;1-22H. The Morgan fingerprint density at radius 2 is 0.595 bits per heavy atom. The van der Waals surface area contributed by atoms with Crippen LogP contribution in [0.3, 0.4) is 0 Å². The van der Waals surface area contributed by atoms with Crippen LogP contribution in [-0.2, 0) is 0 Å². The summed E-state index contributed by atoms with van der Waals surface area (Å²) in [6, 6.07) is 142. The second-order valence-corrected chi connectivity index (χ2v) is 42.6. The van der Waals surface area contributed by atoms with Crippen molar-refractivity contribution in [2.45, 2.75) is 0 Å². The molecule has 0 saturated heterocycles. The summed E-state index contributed by atoms with van der Waals surface area (Å²) in [4.78, 5) is 30.2. The average molecular weight is 2000 g/mol. The molecular weight excluding hydrogens is 1940 g/mol. The summed E-state index contributed by atoms with van der Waals surface area (Å²) < 4.78 is 33.5. The average Bonchev–Trinajstić information content (AvgIpc) is 1.54. The number of nitrogens with zero attached hydrogens (tertiary/aromatic N) is 9. The van der Waals surface area contributed by atoms with Gasteiger partial charge in [0.1, 0.15) is 39.1 Å². The lowest BCUT2D eigenvalue weighted by atomic mass is 9.98. The lowest BCUT2D eigenvalue weighted by Gasteiger charge is -2.11. The van der Waals surface area contributed by atoms with Crippen LogP contribution in [0.2, 0.25) is 15.5 Å². The molecule has 0 radical (unpaired) electrons. The number of halogens is 3. The van der Waals surface area contributed by atoms with E-state index in [1.54, 1.807) is 0 Å². The topological polar surface area (TPSA) is 132 Å². The summed E-state index contributed by atoms with van der Waals surface area (Å²) in [5.74, 6) is 1.16. The van der Waals surface area contributed by atoms with Crippen molar-refractivity contribution < 1.29 is 13.3 Å². The minimum atomic E-state index is 0.317. The number of rotatable bonds is 4. The fourth-order valence-corrected chi connectivity index (χ4v) is 28.8. The number of thiophene rings is 3. The molecule has 0 bridgehead atoms. The number of hydrogen-bond donors (Lipinski definition) is 0. The predicted octanol–water partition coefficient (Wildman–Crippen LogP) is 38.7. The van der Waals surface area contributed by atoms with Crippen molar-refractivity contribution >= 4 is 369 Å². The Hall–Kier alpha value is -17.8. The number of para-hydroxylation sites is 4. The van der Waals surface area contributed by atoms with Gasteiger partial charge in [0.05, 0.1) is 63.6 Å². The third-order valence-corrected chi connectivity index (χ3v) is 34.8. The normalized spacial score (nSPS) is 12.4. The minimum Gasteiger partial charge on any atom is -0.455 e. The van der Waals surface area contributed by atoms with Gasteiger partial charge < -0.3 is 17.8 Å². The van der Waals surface area contributed by atoms with E-state index in [-0.39, 0.29) is 0 Å². The molecule has 12 heterocycles. The monoisotopic (exact) mass is 2000 g/mol. The molecule has 0 atom stereocenters. The highest BCUT2D eigenvalue weighted by Crippen LogP contribution is 2.56. The van der Waals surface area contributed by atoms with Gasteiger partial charge in [0.2, 0.25) is 11.4 Å².